The summed E-state index contributed by atoms with van der Waals surface area (Å²) in [6, 6.07) is 11.9. The van der Waals surface area contributed by atoms with Crippen LogP contribution in [0, 0.1) is 0 Å². The van der Waals surface area contributed by atoms with Gasteiger partial charge in [-0.25, -0.2) is 0 Å². The van der Waals surface area contributed by atoms with Gasteiger partial charge in [-0.1, -0.05) is 18.7 Å². The number of methoxy groups -OCH3 is 2. The highest BCUT2D eigenvalue weighted by Gasteiger charge is 2.12. The average molecular weight is 339 g/mol. The molecule has 0 aromatic heterocycles. The zero-order valence-electron chi connectivity index (χ0n) is 14.9. The van der Waals surface area contributed by atoms with Gasteiger partial charge in [0, 0.05) is 17.8 Å². The first-order valence-electron chi connectivity index (χ1n) is 8.14. The van der Waals surface area contributed by atoms with Gasteiger partial charge >= 0.3 is 0 Å². The van der Waals surface area contributed by atoms with Crippen LogP contribution in [-0.4, -0.2) is 20.8 Å². The summed E-state index contributed by atoms with van der Waals surface area (Å²) in [7, 11) is 3.31. The predicted octanol–water partition coefficient (Wildman–Crippen LogP) is 4.61. The number of ether oxygens (including phenoxy) is 3. The second-order valence-electron chi connectivity index (χ2n) is 5.46. The Balaban J connectivity index is 2.19. The maximum absolute atomic E-state index is 5.78. The normalized spacial score (nSPS) is 10.0. The second-order valence-corrected chi connectivity index (χ2v) is 5.46. The van der Waals surface area contributed by atoms with Crippen LogP contribution in [0.2, 0.25) is 0 Å². The third kappa shape index (κ3) is 5.05. The lowest BCUT2D eigenvalue weighted by atomic mass is 10.1. The molecular weight excluding hydrogens is 314 g/mol. The van der Waals surface area contributed by atoms with Gasteiger partial charge in [0.05, 0.1) is 14.2 Å². The van der Waals surface area contributed by atoms with Gasteiger partial charge in [-0.15, -0.1) is 6.58 Å². The molecule has 132 valence electrons. The van der Waals surface area contributed by atoms with Crippen LogP contribution in [0.5, 0.6) is 17.2 Å². The maximum atomic E-state index is 5.78. The summed E-state index contributed by atoms with van der Waals surface area (Å²) >= 11 is 0. The molecule has 0 aliphatic carbocycles. The van der Waals surface area contributed by atoms with Gasteiger partial charge in [-0.05, 0) is 48.4 Å². The Hall–Kier alpha value is -2.88. The quantitative estimate of drug-likeness (QED) is 0.642. The summed E-state index contributed by atoms with van der Waals surface area (Å²) in [5.41, 5.74) is 3.18. The lowest BCUT2D eigenvalue weighted by molar-refractivity contribution is 0.323. The van der Waals surface area contributed by atoms with Crippen molar-refractivity contribution in [2.75, 3.05) is 26.1 Å². The standard InChI is InChI=1S/C21H25NO3/c1-5-7-17-13-16(14-20(24-4)21(17)25-12-6-2)15-22-18-8-10-19(23-3)11-9-18/h5-6,8-11,13-14,22H,1-2,7,12,15H2,3-4H3. The Morgan fingerprint density at radius 1 is 1.00 bits per heavy atom. The number of benzene rings is 2. The van der Waals surface area contributed by atoms with E-state index in [0.717, 1.165) is 28.3 Å². The van der Waals surface area contributed by atoms with Crippen LogP contribution in [0.1, 0.15) is 11.1 Å². The summed E-state index contributed by atoms with van der Waals surface area (Å²) in [6.07, 6.45) is 4.28. The van der Waals surface area contributed by atoms with Gasteiger partial charge in [0.1, 0.15) is 12.4 Å². The van der Waals surface area contributed by atoms with Crippen molar-refractivity contribution >= 4 is 5.69 Å². The maximum Gasteiger partial charge on any atom is 0.165 e. The molecule has 2 aromatic rings. The number of nitrogens with one attached hydrogen (secondary N) is 1. The van der Waals surface area contributed by atoms with Crippen LogP contribution in [0.4, 0.5) is 5.69 Å². The number of hydrogen-bond donors (Lipinski definition) is 1. The van der Waals surface area contributed by atoms with Crippen molar-refractivity contribution in [2.45, 2.75) is 13.0 Å². The second kappa shape index (κ2) is 9.42. The van der Waals surface area contributed by atoms with Gasteiger partial charge in [0.2, 0.25) is 0 Å². The summed E-state index contributed by atoms with van der Waals surface area (Å²) in [5, 5.41) is 3.40. The molecule has 0 saturated heterocycles. The van der Waals surface area contributed by atoms with Crippen molar-refractivity contribution in [1.29, 1.82) is 0 Å². The van der Waals surface area contributed by atoms with E-state index >= 15 is 0 Å². The van der Waals surface area contributed by atoms with Crippen LogP contribution in [0.3, 0.4) is 0 Å². The predicted molar refractivity (Wildman–Crippen MR) is 103 cm³/mol. The molecule has 0 bridgehead atoms. The minimum atomic E-state index is 0.434. The van der Waals surface area contributed by atoms with Gasteiger partial charge < -0.3 is 19.5 Å². The number of hydrogen-bond acceptors (Lipinski definition) is 4. The highest BCUT2D eigenvalue weighted by molar-refractivity contribution is 5.52. The molecule has 0 radical (unpaired) electrons. The van der Waals surface area contributed by atoms with E-state index in [2.05, 4.69) is 24.5 Å². The summed E-state index contributed by atoms with van der Waals surface area (Å²) < 4.78 is 16.5. The van der Waals surface area contributed by atoms with Gasteiger partial charge in [0.25, 0.3) is 0 Å². The molecule has 25 heavy (non-hydrogen) atoms. The van der Waals surface area contributed by atoms with Crippen molar-refractivity contribution < 1.29 is 14.2 Å². The Kier molecular flexibility index (Phi) is 6.96. The molecule has 4 heteroatoms. The van der Waals surface area contributed by atoms with E-state index in [1.165, 1.54) is 0 Å². The Labute approximate surface area is 149 Å². The zero-order valence-corrected chi connectivity index (χ0v) is 14.9. The molecule has 0 unspecified atom stereocenters. The zero-order chi connectivity index (χ0) is 18.1. The first-order valence-corrected chi connectivity index (χ1v) is 8.14. The molecular formula is C21H25NO3. The molecule has 2 aromatic carbocycles. The molecule has 4 nitrogen and oxygen atoms in total. The summed E-state index contributed by atoms with van der Waals surface area (Å²) in [6.45, 7) is 8.63. The SMILES string of the molecule is C=CCOc1c(CC=C)cc(CNc2ccc(OC)cc2)cc1OC. The molecule has 0 amide bonds. The largest absolute Gasteiger partial charge is 0.497 e. The average Bonchev–Trinajstić information content (AvgIpc) is 2.65. The fourth-order valence-corrected chi connectivity index (χ4v) is 2.50. The van der Waals surface area contributed by atoms with Crippen LogP contribution >= 0.6 is 0 Å². The van der Waals surface area contributed by atoms with Crippen LogP contribution in [-0.2, 0) is 13.0 Å². The number of rotatable bonds is 10. The van der Waals surface area contributed by atoms with Crippen molar-refractivity contribution in [3.8, 4) is 17.2 Å². The van der Waals surface area contributed by atoms with E-state index in [1.807, 2.05) is 36.4 Å². The monoisotopic (exact) mass is 339 g/mol. The van der Waals surface area contributed by atoms with E-state index in [4.69, 9.17) is 14.2 Å². The van der Waals surface area contributed by atoms with Crippen LogP contribution < -0.4 is 19.5 Å². The lowest BCUT2D eigenvalue weighted by Crippen LogP contribution is -2.04. The Morgan fingerprint density at radius 3 is 2.36 bits per heavy atom. The Bertz CT molecular complexity index is 708. The lowest BCUT2D eigenvalue weighted by Gasteiger charge is -2.16. The highest BCUT2D eigenvalue weighted by atomic mass is 16.5. The topological polar surface area (TPSA) is 39.7 Å². The molecule has 0 atom stereocenters. The smallest absolute Gasteiger partial charge is 0.165 e. The van der Waals surface area contributed by atoms with Crippen molar-refractivity contribution in [3.05, 3.63) is 72.8 Å². The molecule has 0 saturated carbocycles. The van der Waals surface area contributed by atoms with Crippen LogP contribution in [0.25, 0.3) is 0 Å². The first-order chi connectivity index (χ1) is 12.2. The van der Waals surface area contributed by atoms with Crippen molar-refractivity contribution in [1.82, 2.24) is 0 Å². The third-order valence-electron chi connectivity index (χ3n) is 3.71. The summed E-state index contributed by atoms with van der Waals surface area (Å²) in [4.78, 5) is 0. The molecule has 0 heterocycles. The number of allylic oxidation sites excluding steroid dienone is 1. The minimum Gasteiger partial charge on any atom is -0.497 e. The number of anilines is 1. The molecule has 1 N–H and O–H groups in total. The van der Waals surface area contributed by atoms with E-state index in [0.29, 0.717) is 25.3 Å². The molecule has 0 aliphatic heterocycles. The van der Waals surface area contributed by atoms with E-state index < -0.39 is 0 Å². The van der Waals surface area contributed by atoms with Gasteiger partial charge in [-0.3, -0.25) is 0 Å². The van der Waals surface area contributed by atoms with E-state index in [-0.39, 0.29) is 0 Å². The van der Waals surface area contributed by atoms with Gasteiger partial charge in [-0.2, -0.15) is 0 Å². The van der Waals surface area contributed by atoms with Gasteiger partial charge in [0.15, 0.2) is 11.5 Å². The van der Waals surface area contributed by atoms with Crippen molar-refractivity contribution in [2.24, 2.45) is 0 Å². The van der Waals surface area contributed by atoms with Crippen LogP contribution in [0.15, 0.2) is 61.7 Å². The molecule has 0 aliphatic rings. The molecule has 0 spiro atoms. The Morgan fingerprint density at radius 2 is 1.76 bits per heavy atom. The third-order valence-corrected chi connectivity index (χ3v) is 3.71. The van der Waals surface area contributed by atoms with Crippen molar-refractivity contribution in [3.63, 3.8) is 0 Å². The first kappa shape index (κ1) is 18.5. The molecule has 2 rings (SSSR count). The fourth-order valence-electron chi connectivity index (χ4n) is 2.50. The van der Waals surface area contributed by atoms with E-state index in [1.54, 1.807) is 20.3 Å². The minimum absolute atomic E-state index is 0.434. The fraction of sp³-hybridized carbons (Fsp3) is 0.238. The van der Waals surface area contributed by atoms with E-state index in [9.17, 15) is 0 Å². The summed E-state index contributed by atoms with van der Waals surface area (Å²) in [5.74, 6) is 2.30. The molecule has 0 fully saturated rings. The highest BCUT2D eigenvalue weighted by Crippen LogP contribution is 2.34.